The van der Waals surface area contributed by atoms with E-state index in [1.165, 1.54) is 50.5 Å². The molecule has 2 rings (SSSR count). The minimum Gasteiger partial charge on any atom is -0.314 e. The summed E-state index contributed by atoms with van der Waals surface area (Å²) in [5, 5.41) is 3.71. The Kier molecular flexibility index (Phi) is 6.32. The van der Waals surface area contributed by atoms with Crippen molar-refractivity contribution >= 4 is 15.9 Å². The zero-order valence-corrected chi connectivity index (χ0v) is 13.5. The molecule has 0 amide bonds. The van der Waals surface area contributed by atoms with Gasteiger partial charge in [0.2, 0.25) is 0 Å². The number of pyridine rings is 1. The lowest BCUT2D eigenvalue weighted by Crippen LogP contribution is -2.31. The Bertz CT molecular complexity index is 381. The molecule has 1 saturated carbocycles. The fourth-order valence-corrected chi connectivity index (χ4v) is 3.49. The summed E-state index contributed by atoms with van der Waals surface area (Å²) in [4.78, 5) is 4.28. The van der Waals surface area contributed by atoms with Gasteiger partial charge in [0, 0.05) is 22.9 Å². The second-order valence-electron chi connectivity index (χ2n) is 5.75. The maximum atomic E-state index is 4.28. The van der Waals surface area contributed by atoms with E-state index in [1.54, 1.807) is 0 Å². The van der Waals surface area contributed by atoms with Crippen LogP contribution < -0.4 is 5.32 Å². The van der Waals surface area contributed by atoms with E-state index in [-0.39, 0.29) is 0 Å². The van der Waals surface area contributed by atoms with E-state index in [2.05, 4.69) is 39.2 Å². The zero-order chi connectivity index (χ0) is 13.5. The molecule has 0 bridgehead atoms. The lowest BCUT2D eigenvalue weighted by atomic mass is 9.91. The maximum Gasteiger partial charge on any atom is 0.0410 e. The van der Waals surface area contributed by atoms with Crippen LogP contribution in [0, 0.1) is 5.92 Å². The molecule has 0 aromatic carbocycles. The Morgan fingerprint density at radius 3 is 2.95 bits per heavy atom. The smallest absolute Gasteiger partial charge is 0.0410 e. The number of hydrogen-bond acceptors (Lipinski definition) is 2. The van der Waals surface area contributed by atoms with Crippen molar-refractivity contribution in [3.63, 3.8) is 0 Å². The summed E-state index contributed by atoms with van der Waals surface area (Å²) >= 11 is 3.51. The van der Waals surface area contributed by atoms with E-state index in [0.29, 0.717) is 0 Å². The Balaban J connectivity index is 1.90. The van der Waals surface area contributed by atoms with Gasteiger partial charge >= 0.3 is 0 Å². The number of nitrogens with one attached hydrogen (secondary N) is 1. The van der Waals surface area contributed by atoms with Crippen molar-refractivity contribution in [1.29, 1.82) is 0 Å². The zero-order valence-electron chi connectivity index (χ0n) is 11.9. The SMILES string of the molecule is CCCNC1CCCCC(Cc2cncc(Br)c2)C1. The van der Waals surface area contributed by atoms with E-state index < -0.39 is 0 Å². The van der Waals surface area contributed by atoms with Crippen molar-refractivity contribution in [2.75, 3.05) is 6.54 Å². The molecule has 2 atom stereocenters. The van der Waals surface area contributed by atoms with Gasteiger partial charge in [-0.1, -0.05) is 26.2 Å². The molecule has 1 heterocycles. The first-order chi connectivity index (χ1) is 9.28. The Labute approximate surface area is 125 Å². The standard InChI is InChI=1S/C16H25BrN2/c1-2-7-19-16-6-4-3-5-13(10-16)8-14-9-15(17)12-18-11-14/h9,11-13,16,19H,2-8,10H2,1H3. The molecule has 106 valence electrons. The van der Waals surface area contributed by atoms with Crippen LogP contribution in [-0.4, -0.2) is 17.6 Å². The largest absolute Gasteiger partial charge is 0.314 e. The van der Waals surface area contributed by atoms with Gasteiger partial charge in [-0.05, 0) is 65.7 Å². The van der Waals surface area contributed by atoms with Gasteiger partial charge in [0.05, 0.1) is 0 Å². The van der Waals surface area contributed by atoms with Crippen LogP contribution in [0.1, 0.15) is 51.0 Å². The van der Waals surface area contributed by atoms with Crippen molar-refractivity contribution in [1.82, 2.24) is 10.3 Å². The molecule has 2 nitrogen and oxygen atoms in total. The highest BCUT2D eigenvalue weighted by Gasteiger charge is 2.20. The highest BCUT2D eigenvalue weighted by atomic mass is 79.9. The van der Waals surface area contributed by atoms with Gasteiger partial charge in [0.15, 0.2) is 0 Å². The molecular formula is C16H25BrN2. The molecule has 1 fully saturated rings. The number of halogens is 1. The lowest BCUT2D eigenvalue weighted by Gasteiger charge is -2.21. The van der Waals surface area contributed by atoms with E-state index in [4.69, 9.17) is 0 Å². The molecule has 1 aliphatic carbocycles. The van der Waals surface area contributed by atoms with Crippen LogP contribution in [0.3, 0.4) is 0 Å². The second-order valence-corrected chi connectivity index (χ2v) is 6.67. The van der Waals surface area contributed by atoms with Crippen molar-refractivity contribution in [2.45, 2.75) is 57.9 Å². The van der Waals surface area contributed by atoms with Crippen LogP contribution in [-0.2, 0) is 6.42 Å². The van der Waals surface area contributed by atoms with Crippen LogP contribution >= 0.6 is 15.9 Å². The van der Waals surface area contributed by atoms with Crippen molar-refractivity contribution in [3.8, 4) is 0 Å². The molecule has 0 saturated heterocycles. The van der Waals surface area contributed by atoms with Crippen molar-refractivity contribution in [3.05, 3.63) is 28.5 Å². The number of nitrogens with zero attached hydrogens (tertiary/aromatic N) is 1. The molecule has 1 aliphatic rings. The summed E-state index contributed by atoms with van der Waals surface area (Å²) in [6.45, 7) is 3.41. The highest BCUT2D eigenvalue weighted by Crippen LogP contribution is 2.27. The molecule has 0 radical (unpaired) electrons. The van der Waals surface area contributed by atoms with Crippen molar-refractivity contribution < 1.29 is 0 Å². The molecule has 1 aromatic heterocycles. The van der Waals surface area contributed by atoms with Crippen LogP contribution in [0.4, 0.5) is 0 Å². The quantitative estimate of drug-likeness (QED) is 0.815. The first kappa shape index (κ1) is 15.0. The summed E-state index contributed by atoms with van der Waals surface area (Å²) in [6, 6.07) is 2.94. The fourth-order valence-electron chi connectivity index (χ4n) is 3.08. The van der Waals surface area contributed by atoms with Crippen LogP contribution in [0.5, 0.6) is 0 Å². The fraction of sp³-hybridized carbons (Fsp3) is 0.688. The van der Waals surface area contributed by atoms with Gasteiger partial charge < -0.3 is 5.32 Å². The number of hydrogen-bond donors (Lipinski definition) is 1. The topological polar surface area (TPSA) is 24.9 Å². The van der Waals surface area contributed by atoms with Gasteiger partial charge in [0.25, 0.3) is 0 Å². The van der Waals surface area contributed by atoms with Gasteiger partial charge in [-0.3, -0.25) is 4.98 Å². The lowest BCUT2D eigenvalue weighted by molar-refractivity contribution is 0.384. The molecule has 0 spiro atoms. The highest BCUT2D eigenvalue weighted by molar-refractivity contribution is 9.10. The summed E-state index contributed by atoms with van der Waals surface area (Å²) in [5.74, 6) is 0.813. The monoisotopic (exact) mass is 324 g/mol. The van der Waals surface area contributed by atoms with E-state index >= 15 is 0 Å². The number of rotatable bonds is 5. The third-order valence-corrected chi connectivity index (χ3v) is 4.44. The number of aromatic nitrogens is 1. The van der Waals surface area contributed by atoms with Gasteiger partial charge in [0.1, 0.15) is 0 Å². The molecule has 1 aromatic rings. The average Bonchev–Trinajstić information content (AvgIpc) is 2.62. The molecule has 19 heavy (non-hydrogen) atoms. The van der Waals surface area contributed by atoms with Gasteiger partial charge in [-0.15, -0.1) is 0 Å². The van der Waals surface area contributed by atoms with Crippen molar-refractivity contribution in [2.24, 2.45) is 5.92 Å². The van der Waals surface area contributed by atoms with E-state index in [1.807, 2.05) is 12.4 Å². The second kappa shape index (κ2) is 8.01. The molecule has 3 heteroatoms. The predicted octanol–water partition coefficient (Wildman–Crippen LogP) is 4.34. The predicted molar refractivity (Wildman–Crippen MR) is 84.3 cm³/mol. The Morgan fingerprint density at radius 2 is 2.16 bits per heavy atom. The normalized spacial score (nSPS) is 24.1. The first-order valence-electron chi connectivity index (χ1n) is 7.60. The van der Waals surface area contributed by atoms with Gasteiger partial charge in [-0.2, -0.15) is 0 Å². The summed E-state index contributed by atoms with van der Waals surface area (Å²) in [7, 11) is 0. The van der Waals surface area contributed by atoms with Gasteiger partial charge in [-0.25, -0.2) is 0 Å². The average molecular weight is 325 g/mol. The maximum absolute atomic E-state index is 4.28. The minimum atomic E-state index is 0.729. The Morgan fingerprint density at radius 1 is 1.32 bits per heavy atom. The molecule has 0 aliphatic heterocycles. The molecular weight excluding hydrogens is 300 g/mol. The molecule has 2 unspecified atom stereocenters. The van der Waals surface area contributed by atoms with E-state index in [0.717, 1.165) is 23.0 Å². The third kappa shape index (κ3) is 5.23. The summed E-state index contributed by atoms with van der Waals surface area (Å²) in [5.41, 5.74) is 1.37. The summed E-state index contributed by atoms with van der Waals surface area (Å²) in [6.07, 6.45) is 13.1. The molecule has 1 N–H and O–H groups in total. The van der Waals surface area contributed by atoms with Crippen LogP contribution in [0.15, 0.2) is 22.9 Å². The minimum absolute atomic E-state index is 0.729. The first-order valence-corrected chi connectivity index (χ1v) is 8.40. The summed E-state index contributed by atoms with van der Waals surface area (Å²) < 4.78 is 1.10. The van der Waals surface area contributed by atoms with Crippen LogP contribution in [0.25, 0.3) is 0 Å². The van der Waals surface area contributed by atoms with Crippen LogP contribution in [0.2, 0.25) is 0 Å². The van der Waals surface area contributed by atoms with E-state index in [9.17, 15) is 0 Å². The third-order valence-electron chi connectivity index (χ3n) is 4.00. The Hall–Kier alpha value is -0.410.